The van der Waals surface area contributed by atoms with Crippen LogP contribution in [0, 0.1) is 5.41 Å². The van der Waals surface area contributed by atoms with Crippen LogP contribution in [0.25, 0.3) is 0 Å². The highest BCUT2D eigenvalue weighted by Gasteiger charge is 2.31. The number of amidine groups is 1. The molecule has 10 heteroatoms. The second kappa shape index (κ2) is 8.25. The van der Waals surface area contributed by atoms with E-state index >= 15 is 0 Å². The summed E-state index contributed by atoms with van der Waals surface area (Å²) in [4.78, 5) is 33.8. The largest absolute Gasteiger partial charge is 0.463 e. The lowest BCUT2D eigenvalue weighted by molar-refractivity contribution is 0.0762. The second-order valence-electron chi connectivity index (χ2n) is 7.38. The third-order valence-electron chi connectivity index (χ3n) is 5.33. The Hall–Kier alpha value is -3.43. The first kappa shape index (κ1) is 20.5. The number of hydrogen-bond acceptors (Lipinski definition) is 6. The molecule has 2 aliphatic heterocycles. The summed E-state index contributed by atoms with van der Waals surface area (Å²) in [6.45, 7) is 1.84. The highest BCUT2D eigenvalue weighted by molar-refractivity contribution is 7.18. The molecule has 1 fully saturated rings. The summed E-state index contributed by atoms with van der Waals surface area (Å²) in [7, 11) is 0. The van der Waals surface area contributed by atoms with Gasteiger partial charge in [-0.3, -0.25) is 24.9 Å². The monoisotopic (exact) mass is 467 g/mol. The molecule has 8 nitrogen and oxygen atoms in total. The van der Waals surface area contributed by atoms with Gasteiger partial charge in [0.1, 0.15) is 12.3 Å². The quantitative estimate of drug-likeness (QED) is 0.591. The van der Waals surface area contributed by atoms with Crippen molar-refractivity contribution in [2.45, 2.75) is 13.1 Å². The van der Waals surface area contributed by atoms with Crippen LogP contribution in [-0.2, 0) is 17.8 Å². The van der Waals surface area contributed by atoms with Crippen molar-refractivity contribution in [3.8, 4) is 0 Å². The Labute approximate surface area is 192 Å². The van der Waals surface area contributed by atoms with Crippen LogP contribution in [0.3, 0.4) is 0 Å². The van der Waals surface area contributed by atoms with Crippen molar-refractivity contribution in [2.75, 3.05) is 23.4 Å². The van der Waals surface area contributed by atoms with E-state index in [1.165, 1.54) is 17.5 Å². The van der Waals surface area contributed by atoms with Crippen LogP contribution in [-0.4, -0.2) is 40.9 Å². The molecule has 0 spiro atoms. The molecule has 32 heavy (non-hydrogen) atoms. The Bertz CT molecular complexity index is 1240. The molecule has 0 aliphatic carbocycles. The first-order valence-electron chi connectivity index (χ1n) is 9.91. The fraction of sp³-hybridized carbons (Fsp3) is 0.182. The van der Waals surface area contributed by atoms with Crippen LogP contribution in [0.1, 0.15) is 31.3 Å². The number of aromatic nitrogens is 1. The van der Waals surface area contributed by atoms with Crippen LogP contribution in [0.15, 0.2) is 48.7 Å². The van der Waals surface area contributed by atoms with Crippen molar-refractivity contribution in [3.05, 3.63) is 74.7 Å². The summed E-state index contributed by atoms with van der Waals surface area (Å²) >= 11 is 7.13. The van der Waals surface area contributed by atoms with Gasteiger partial charge in [-0.1, -0.05) is 23.7 Å². The van der Waals surface area contributed by atoms with Gasteiger partial charge in [-0.2, -0.15) is 0 Å². The maximum absolute atomic E-state index is 13.0. The minimum atomic E-state index is -0.274. The molecule has 3 aromatic rings. The molecule has 5 rings (SSSR count). The molecule has 0 unspecified atom stereocenters. The molecule has 0 saturated carbocycles. The first-order chi connectivity index (χ1) is 15.5. The maximum atomic E-state index is 13.0. The number of thiophene rings is 1. The number of nitrogens with zero attached hydrogens (tertiary/aromatic N) is 3. The third-order valence-corrected chi connectivity index (χ3v) is 6.56. The molecule has 2 N–H and O–H groups in total. The Morgan fingerprint density at radius 3 is 2.91 bits per heavy atom. The van der Waals surface area contributed by atoms with Crippen LogP contribution in [0.4, 0.5) is 11.4 Å². The number of benzene rings is 1. The Morgan fingerprint density at radius 1 is 1.28 bits per heavy atom. The summed E-state index contributed by atoms with van der Waals surface area (Å²) < 4.78 is 5.76. The molecule has 0 radical (unpaired) electrons. The van der Waals surface area contributed by atoms with Crippen molar-refractivity contribution in [1.82, 2.24) is 9.88 Å². The lowest BCUT2D eigenvalue weighted by atomic mass is 10.1. The number of hydrogen-bond donors (Lipinski definition) is 2. The van der Waals surface area contributed by atoms with Crippen LogP contribution < -0.4 is 10.2 Å². The first-order valence-corrected chi connectivity index (χ1v) is 11.1. The molecular weight excluding hydrogens is 450 g/mol. The van der Waals surface area contributed by atoms with E-state index in [-0.39, 0.29) is 17.8 Å². The van der Waals surface area contributed by atoms with Gasteiger partial charge in [0.2, 0.25) is 0 Å². The van der Waals surface area contributed by atoms with Gasteiger partial charge < -0.3 is 15.0 Å². The number of nitrogens with one attached hydrogen (secondary N) is 2. The molecule has 1 aromatic carbocycles. The summed E-state index contributed by atoms with van der Waals surface area (Å²) in [5.41, 5.74) is 3.39. The molecule has 2 aliphatic rings. The van der Waals surface area contributed by atoms with E-state index in [4.69, 9.17) is 21.7 Å². The van der Waals surface area contributed by atoms with Gasteiger partial charge >= 0.3 is 0 Å². The van der Waals surface area contributed by atoms with Crippen molar-refractivity contribution in [1.29, 1.82) is 5.41 Å². The average Bonchev–Trinajstić information content (AvgIpc) is 3.49. The predicted octanol–water partition coefficient (Wildman–Crippen LogP) is 3.98. The molecule has 2 amide bonds. The topological polar surface area (TPSA) is 98.6 Å². The minimum absolute atomic E-state index is 0.128. The van der Waals surface area contributed by atoms with E-state index in [0.717, 1.165) is 11.3 Å². The average molecular weight is 468 g/mol. The van der Waals surface area contributed by atoms with Gasteiger partial charge in [0.25, 0.3) is 17.8 Å². The van der Waals surface area contributed by atoms with E-state index in [9.17, 15) is 9.59 Å². The van der Waals surface area contributed by atoms with Crippen molar-refractivity contribution in [2.24, 2.45) is 0 Å². The van der Waals surface area contributed by atoms with Gasteiger partial charge in [-0.05, 0) is 35.9 Å². The summed E-state index contributed by atoms with van der Waals surface area (Å²) in [6.07, 6.45) is 1.52. The highest BCUT2D eigenvalue weighted by Crippen LogP contribution is 2.31. The van der Waals surface area contributed by atoms with E-state index in [2.05, 4.69) is 10.3 Å². The predicted molar refractivity (Wildman–Crippen MR) is 123 cm³/mol. The van der Waals surface area contributed by atoms with E-state index in [1.807, 2.05) is 24.3 Å². The molecule has 4 heterocycles. The second-order valence-corrected chi connectivity index (χ2v) is 9.10. The number of carbonyl (C=O) groups excluding carboxylic acids is 2. The SMILES string of the molecule is N=C1OCCN1c1cccc(CN2Cc3c(NC(=O)c4ccc(Cl)s4)ccnc3C2=O)c1. The number of amides is 2. The summed E-state index contributed by atoms with van der Waals surface area (Å²) in [5.74, 6) is -0.456. The fourth-order valence-corrected chi connectivity index (χ4v) is 4.76. The number of rotatable bonds is 5. The van der Waals surface area contributed by atoms with Crippen molar-refractivity contribution >= 4 is 52.1 Å². The van der Waals surface area contributed by atoms with Gasteiger partial charge in [-0.25, -0.2) is 0 Å². The van der Waals surface area contributed by atoms with Crippen LogP contribution in [0.5, 0.6) is 0 Å². The van der Waals surface area contributed by atoms with Gasteiger partial charge in [-0.15, -0.1) is 11.3 Å². The van der Waals surface area contributed by atoms with Crippen molar-refractivity contribution in [3.63, 3.8) is 0 Å². The van der Waals surface area contributed by atoms with Gasteiger partial charge in [0, 0.05) is 29.7 Å². The number of anilines is 2. The highest BCUT2D eigenvalue weighted by atomic mass is 35.5. The van der Waals surface area contributed by atoms with Crippen molar-refractivity contribution < 1.29 is 14.3 Å². The minimum Gasteiger partial charge on any atom is -0.463 e. The number of carbonyl (C=O) groups is 2. The summed E-state index contributed by atoms with van der Waals surface area (Å²) in [5, 5.41) is 10.8. The standard InChI is InChI=1S/C22H18ClN5O3S/c23-18-5-4-17(32-18)20(29)26-16-6-7-25-19-15(16)12-27(21(19)30)11-13-2-1-3-14(10-13)28-8-9-31-22(28)24/h1-7,10,24H,8-9,11-12H2,(H,25,26,29). The molecule has 2 aromatic heterocycles. The lowest BCUT2D eigenvalue weighted by Crippen LogP contribution is -2.25. The molecule has 162 valence electrons. The maximum Gasteiger partial charge on any atom is 0.289 e. The number of fused-ring (bicyclic) bond motifs is 1. The van der Waals surface area contributed by atoms with Gasteiger partial charge in [0.05, 0.1) is 22.3 Å². The lowest BCUT2D eigenvalue weighted by Gasteiger charge is -2.19. The molecule has 0 atom stereocenters. The molecular formula is C22H18ClN5O3S. The number of halogens is 1. The zero-order chi connectivity index (χ0) is 22.2. The number of ether oxygens (including phenoxy) is 1. The van der Waals surface area contributed by atoms with E-state index < -0.39 is 0 Å². The molecule has 0 bridgehead atoms. The van der Waals surface area contributed by atoms with Crippen LogP contribution in [0.2, 0.25) is 4.34 Å². The van der Waals surface area contributed by atoms with E-state index in [0.29, 0.717) is 52.4 Å². The number of pyridine rings is 1. The smallest absolute Gasteiger partial charge is 0.289 e. The Kier molecular flexibility index (Phi) is 5.28. The van der Waals surface area contributed by atoms with Gasteiger partial charge in [0.15, 0.2) is 0 Å². The third kappa shape index (κ3) is 3.80. The zero-order valence-corrected chi connectivity index (χ0v) is 18.4. The zero-order valence-electron chi connectivity index (χ0n) is 16.8. The summed E-state index contributed by atoms with van der Waals surface area (Å²) in [6, 6.07) is 12.9. The normalized spacial score (nSPS) is 15.2. The molecule has 1 saturated heterocycles. The fourth-order valence-electron chi connectivity index (χ4n) is 3.82. The van der Waals surface area contributed by atoms with E-state index in [1.54, 1.807) is 28.0 Å². The Balaban J connectivity index is 1.34. The Morgan fingerprint density at radius 2 is 2.16 bits per heavy atom. The van der Waals surface area contributed by atoms with Crippen LogP contribution >= 0.6 is 22.9 Å².